The molecule has 0 saturated carbocycles. The molecular formula is C23H32ClN5. The lowest BCUT2D eigenvalue weighted by Crippen LogP contribution is -2.39. The highest BCUT2D eigenvalue weighted by Crippen LogP contribution is 2.30. The minimum atomic E-state index is 0. The summed E-state index contributed by atoms with van der Waals surface area (Å²) in [5.74, 6) is 0. The van der Waals surface area contributed by atoms with E-state index < -0.39 is 0 Å². The molecule has 3 aromatic rings. The van der Waals surface area contributed by atoms with Crippen molar-refractivity contribution >= 4 is 12.4 Å². The number of likely N-dealkylation sites (tertiary alicyclic amines) is 1. The smallest absolute Gasteiger partial charge is 0.0951 e. The average Bonchev–Trinajstić information content (AvgIpc) is 3.26. The summed E-state index contributed by atoms with van der Waals surface area (Å²) >= 11 is 0. The van der Waals surface area contributed by atoms with E-state index in [1.54, 1.807) is 0 Å². The Bertz CT molecular complexity index is 952. The van der Waals surface area contributed by atoms with Crippen molar-refractivity contribution in [3.8, 4) is 16.9 Å². The molecule has 4 rings (SSSR count). The summed E-state index contributed by atoms with van der Waals surface area (Å²) in [5, 5.41) is 4.87. The number of para-hydroxylation sites is 1. The first-order valence-electron chi connectivity index (χ1n) is 10.4. The Hall–Kier alpha value is -2.11. The van der Waals surface area contributed by atoms with Crippen LogP contribution in [0.4, 0.5) is 0 Å². The maximum absolute atomic E-state index is 4.87. The third-order valence-corrected chi connectivity index (χ3v) is 6.08. The quantitative estimate of drug-likeness (QED) is 0.593. The maximum Gasteiger partial charge on any atom is 0.0951 e. The fourth-order valence-corrected chi connectivity index (χ4v) is 4.48. The Morgan fingerprint density at radius 1 is 1.03 bits per heavy atom. The fourth-order valence-electron chi connectivity index (χ4n) is 4.48. The molecular weight excluding hydrogens is 382 g/mol. The number of hydrogen-bond acceptors (Lipinski definition) is 3. The van der Waals surface area contributed by atoms with Gasteiger partial charge in [-0.25, -0.2) is 9.67 Å². The minimum Gasteiger partial charge on any atom is -0.329 e. The lowest BCUT2D eigenvalue weighted by atomic mass is 10.1. The molecule has 1 saturated heterocycles. The topological polar surface area (TPSA) is 38.9 Å². The molecule has 29 heavy (non-hydrogen) atoms. The van der Waals surface area contributed by atoms with Crippen LogP contribution in [0, 0.1) is 20.8 Å². The second-order valence-electron chi connectivity index (χ2n) is 8.12. The summed E-state index contributed by atoms with van der Waals surface area (Å²) < 4.78 is 4.38. The molecule has 0 aliphatic carbocycles. The number of nitrogens with zero attached hydrogens (tertiary/aromatic N) is 5. The van der Waals surface area contributed by atoms with Gasteiger partial charge >= 0.3 is 0 Å². The molecule has 1 aliphatic heterocycles. The van der Waals surface area contributed by atoms with Crippen molar-refractivity contribution in [3.05, 3.63) is 53.7 Å². The van der Waals surface area contributed by atoms with Crippen molar-refractivity contribution in [3.63, 3.8) is 0 Å². The Balaban J connectivity index is 0.00000240. The number of piperidine rings is 1. The van der Waals surface area contributed by atoms with Crippen molar-refractivity contribution in [2.45, 2.75) is 59.5 Å². The van der Waals surface area contributed by atoms with Gasteiger partial charge in [-0.15, -0.1) is 12.4 Å². The summed E-state index contributed by atoms with van der Waals surface area (Å²) in [5.41, 5.74) is 6.95. The SMILES string of the molecule is Cc1ccccc1-n1nc(C)c(-c2cncn2CC(C)N2CCCCC2)c1C.Cl. The van der Waals surface area contributed by atoms with Gasteiger partial charge in [-0.1, -0.05) is 24.6 Å². The molecule has 0 N–H and O–H groups in total. The number of aryl methyl sites for hydroxylation is 2. The van der Waals surface area contributed by atoms with Crippen LogP contribution >= 0.6 is 12.4 Å². The summed E-state index contributed by atoms with van der Waals surface area (Å²) in [4.78, 5) is 7.10. The van der Waals surface area contributed by atoms with Crippen LogP contribution < -0.4 is 0 Å². The lowest BCUT2D eigenvalue weighted by Gasteiger charge is -2.32. The van der Waals surface area contributed by atoms with Crippen molar-refractivity contribution in [2.75, 3.05) is 13.1 Å². The first kappa shape index (κ1) is 21.6. The second kappa shape index (κ2) is 9.14. The van der Waals surface area contributed by atoms with Crippen LogP contribution in [0.1, 0.15) is 43.1 Å². The molecule has 5 nitrogen and oxygen atoms in total. The van der Waals surface area contributed by atoms with Gasteiger partial charge in [-0.2, -0.15) is 5.10 Å². The van der Waals surface area contributed by atoms with Crippen molar-refractivity contribution in [1.82, 2.24) is 24.2 Å². The molecule has 0 amide bonds. The normalized spacial score (nSPS) is 15.9. The molecule has 1 fully saturated rings. The molecule has 1 unspecified atom stereocenters. The fraction of sp³-hybridized carbons (Fsp3) is 0.478. The monoisotopic (exact) mass is 413 g/mol. The highest BCUT2D eigenvalue weighted by Gasteiger charge is 2.21. The van der Waals surface area contributed by atoms with Gasteiger partial charge in [0.1, 0.15) is 0 Å². The van der Waals surface area contributed by atoms with Crippen LogP contribution in [0.5, 0.6) is 0 Å². The van der Waals surface area contributed by atoms with E-state index in [1.807, 2.05) is 12.5 Å². The largest absolute Gasteiger partial charge is 0.329 e. The van der Waals surface area contributed by atoms with E-state index in [0.717, 1.165) is 17.9 Å². The molecule has 0 bridgehead atoms. The van der Waals surface area contributed by atoms with Crippen LogP contribution in [0.15, 0.2) is 36.8 Å². The van der Waals surface area contributed by atoms with Crippen LogP contribution in [0.25, 0.3) is 16.9 Å². The summed E-state index contributed by atoms with van der Waals surface area (Å²) in [6, 6.07) is 8.93. The molecule has 2 aromatic heterocycles. The van der Waals surface area contributed by atoms with Gasteiger partial charge in [0.25, 0.3) is 0 Å². The number of hydrogen-bond donors (Lipinski definition) is 0. The molecule has 6 heteroatoms. The zero-order valence-corrected chi connectivity index (χ0v) is 18.7. The van der Waals surface area contributed by atoms with Crippen LogP contribution in [0.3, 0.4) is 0 Å². The molecule has 156 valence electrons. The van der Waals surface area contributed by atoms with Gasteiger partial charge in [0, 0.05) is 18.2 Å². The van der Waals surface area contributed by atoms with Crippen LogP contribution in [0.2, 0.25) is 0 Å². The third-order valence-electron chi connectivity index (χ3n) is 6.08. The number of aromatic nitrogens is 4. The zero-order chi connectivity index (χ0) is 19.7. The van der Waals surface area contributed by atoms with Gasteiger partial charge in [0.2, 0.25) is 0 Å². The van der Waals surface area contributed by atoms with Gasteiger partial charge in [0.15, 0.2) is 0 Å². The zero-order valence-electron chi connectivity index (χ0n) is 17.9. The van der Waals surface area contributed by atoms with E-state index in [9.17, 15) is 0 Å². The predicted molar refractivity (Wildman–Crippen MR) is 121 cm³/mol. The molecule has 3 heterocycles. The molecule has 0 radical (unpaired) electrons. The summed E-state index contributed by atoms with van der Waals surface area (Å²) in [7, 11) is 0. The third kappa shape index (κ3) is 4.26. The Kier molecular flexibility index (Phi) is 6.81. The van der Waals surface area contributed by atoms with Crippen molar-refractivity contribution in [2.24, 2.45) is 0 Å². The number of halogens is 1. The molecule has 0 spiro atoms. The maximum atomic E-state index is 4.87. The number of benzene rings is 1. The highest BCUT2D eigenvalue weighted by molar-refractivity contribution is 5.85. The Labute approximate surface area is 180 Å². The van der Waals surface area contributed by atoms with Gasteiger partial charge in [0.05, 0.1) is 35.3 Å². The number of imidazole rings is 1. The van der Waals surface area contributed by atoms with Crippen LogP contribution in [-0.2, 0) is 6.54 Å². The standard InChI is InChI=1S/C23H31N5.ClH/c1-17-10-6-7-11-21(17)28-20(4)23(19(3)25-28)22-14-24-16-27(22)15-18(2)26-12-8-5-9-13-26;/h6-7,10-11,14,16,18H,5,8-9,12-13,15H2,1-4H3;1H. The summed E-state index contributed by atoms with van der Waals surface area (Å²) in [6.45, 7) is 12.1. The van der Waals surface area contributed by atoms with E-state index >= 15 is 0 Å². The second-order valence-corrected chi connectivity index (χ2v) is 8.12. The molecule has 1 aromatic carbocycles. The van der Waals surface area contributed by atoms with Crippen molar-refractivity contribution in [1.29, 1.82) is 0 Å². The van der Waals surface area contributed by atoms with Gasteiger partial charge in [-0.05, 0) is 65.3 Å². The van der Waals surface area contributed by atoms with E-state index in [0.29, 0.717) is 6.04 Å². The Morgan fingerprint density at radius 2 is 1.76 bits per heavy atom. The van der Waals surface area contributed by atoms with Gasteiger partial charge < -0.3 is 4.57 Å². The lowest BCUT2D eigenvalue weighted by molar-refractivity contribution is 0.160. The van der Waals surface area contributed by atoms with E-state index in [2.05, 4.69) is 71.1 Å². The van der Waals surface area contributed by atoms with E-state index in [1.165, 1.54) is 54.9 Å². The number of rotatable bonds is 5. The van der Waals surface area contributed by atoms with Gasteiger partial charge in [-0.3, -0.25) is 4.90 Å². The molecule has 1 aliphatic rings. The molecule has 1 atom stereocenters. The van der Waals surface area contributed by atoms with Crippen molar-refractivity contribution < 1.29 is 0 Å². The average molecular weight is 414 g/mol. The Morgan fingerprint density at radius 3 is 2.48 bits per heavy atom. The first-order valence-corrected chi connectivity index (χ1v) is 10.4. The highest BCUT2D eigenvalue weighted by atomic mass is 35.5. The summed E-state index contributed by atoms with van der Waals surface area (Å²) in [6.07, 6.45) is 7.98. The first-order chi connectivity index (χ1) is 13.6. The van der Waals surface area contributed by atoms with E-state index in [4.69, 9.17) is 5.10 Å². The van der Waals surface area contributed by atoms with E-state index in [-0.39, 0.29) is 12.4 Å². The minimum absolute atomic E-state index is 0. The predicted octanol–water partition coefficient (Wildman–Crippen LogP) is 4.96. The van der Waals surface area contributed by atoms with Crippen LogP contribution in [-0.4, -0.2) is 43.4 Å².